The minimum Gasteiger partial charge on any atom is -0.353 e. The van der Waals surface area contributed by atoms with Gasteiger partial charge in [0.1, 0.15) is 5.82 Å². The number of nitrogens with zero attached hydrogens (tertiary/aromatic N) is 2. The standard InChI is InChI=1S/C22H24FN3O2S/c1-25-13-4-7-21(25)22(26-14-12-17-5-2-3-6-18(17)16-26)15-24-29(27,28)20-10-8-19(23)9-11-20/h2-11,13,22,24H,12,14-16H2,1H3/t22-/m0/s1. The Kier molecular flexibility index (Phi) is 5.54. The molecule has 0 saturated heterocycles. The molecule has 1 aromatic heterocycles. The number of nitrogens with one attached hydrogen (secondary N) is 1. The van der Waals surface area contributed by atoms with Crippen molar-refractivity contribution in [1.82, 2.24) is 14.2 Å². The minimum atomic E-state index is -3.73. The van der Waals surface area contributed by atoms with Gasteiger partial charge in [0.05, 0.1) is 10.9 Å². The number of hydrogen-bond donors (Lipinski definition) is 1. The number of hydrogen-bond acceptors (Lipinski definition) is 3. The molecule has 0 fully saturated rings. The van der Waals surface area contributed by atoms with Crippen molar-refractivity contribution in [2.24, 2.45) is 7.05 Å². The smallest absolute Gasteiger partial charge is 0.240 e. The molecular weight excluding hydrogens is 389 g/mol. The van der Waals surface area contributed by atoms with Crippen molar-refractivity contribution in [3.05, 3.63) is 89.5 Å². The summed E-state index contributed by atoms with van der Waals surface area (Å²) in [5.74, 6) is -0.461. The van der Waals surface area contributed by atoms with Crippen LogP contribution in [0.15, 0.2) is 71.8 Å². The lowest BCUT2D eigenvalue weighted by Crippen LogP contribution is -2.41. The fraction of sp³-hybridized carbons (Fsp3) is 0.273. The SMILES string of the molecule is Cn1cccc1[C@H](CNS(=O)(=O)c1ccc(F)cc1)N1CCc2ccccc2C1. The lowest BCUT2D eigenvalue weighted by atomic mass is 9.98. The summed E-state index contributed by atoms with van der Waals surface area (Å²) in [7, 11) is -1.76. The number of halogens is 1. The molecule has 0 spiro atoms. The number of benzene rings is 2. The second-order valence-electron chi connectivity index (χ2n) is 7.35. The molecule has 7 heteroatoms. The molecule has 2 heterocycles. The first kappa shape index (κ1) is 19.8. The highest BCUT2D eigenvalue weighted by Crippen LogP contribution is 2.28. The number of fused-ring (bicyclic) bond motifs is 1. The van der Waals surface area contributed by atoms with Crippen LogP contribution in [0.5, 0.6) is 0 Å². The Morgan fingerprint density at radius 2 is 1.76 bits per heavy atom. The van der Waals surface area contributed by atoms with E-state index in [2.05, 4.69) is 27.8 Å². The summed E-state index contributed by atoms with van der Waals surface area (Å²) in [4.78, 5) is 2.37. The van der Waals surface area contributed by atoms with Crippen LogP contribution in [0.25, 0.3) is 0 Å². The zero-order chi connectivity index (χ0) is 20.4. The van der Waals surface area contributed by atoms with E-state index in [1.54, 1.807) is 0 Å². The second-order valence-corrected chi connectivity index (χ2v) is 9.12. The summed E-state index contributed by atoms with van der Waals surface area (Å²) in [6, 6.07) is 17.1. The van der Waals surface area contributed by atoms with Gasteiger partial charge in [-0.2, -0.15) is 0 Å². The van der Waals surface area contributed by atoms with Crippen molar-refractivity contribution in [2.75, 3.05) is 13.1 Å². The number of aryl methyl sites for hydroxylation is 1. The van der Waals surface area contributed by atoms with Gasteiger partial charge in [-0.25, -0.2) is 17.5 Å². The number of aromatic nitrogens is 1. The minimum absolute atomic E-state index is 0.0634. The predicted molar refractivity (Wildman–Crippen MR) is 110 cm³/mol. The van der Waals surface area contributed by atoms with Crippen LogP contribution >= 0.6 is 0 Å². The van der Waals surface area contributed by atoms with Gasteiger partial charge in [-0.15, -0.1) is 0 Å². The van der Waals surface area contributed by atoms with Gasteiger partial charge in [-0.3, -0.25) is 4.90 Å². The van der Waals surface area contributed by atoms with E-state index in [1.165, 1.54) is 23.3 Å². The largest absolute Gasteiger partial charge is 0.353 e. The molecule has 3 aromatic rings. The molecule has 0 amide bonds. The summed E-state index contributed by atoms with van der Waals surface area (Å²) in [6.45, 7) is 1.86. The zero-order valence-corrected chi connectivity index (χ0v) is 17.1. The molecule has 152 valence electrons. The van der Waals surface area contributed by atoms with Crippen molar-refractivity contribution < 1.29 is 12.8 Å². The van der Waals surface area contributed by atoms with E-state index in [4.69, 9.17) is 0 Å². The Hall–Kier alpha value is -2.48. The Morgan fingerprint density at radius 1 is 1.03 bits per heavy atom. The van der Waals surface area contributed by atoms with Crippen LogP contribution < -0.4 is 4.72 Å². The Balaban J connectivity index is 1.57. The molecule has 1 aliphatic heterocycles. The highest BCUT2D eigenvalue weighted by molar-refractivity contribution is 7.89. The van der Waals surface area contributed by atoms with E-state index in [-0.39, 0.29) is 17.5 Å². The summed E-state index contributed by atoms with van der Waals surface area (Å²) in [5, 5.41) is 0. The first-order chi connectivity index (χ1) is 13.9. The summed E-state index contributed by atoms with van der Waals surface area (Å²) in [6.07, 6.45) is 2.90. The highest BCUT2D eigenvalue weighted by atomic mass is 32.2. The number of sulfonamides is 1. The summed E-state index contributed by atoms with van der Waals surface area (Å²) < 4.78 is 43.4. The maximum absolute atomic E-state index is 13.2. The quantitative estimate of drug-likeness (QED) is 0.675. The number of rotatable bonds is 6. The van der Waals surface area contributed by atoms with Crippen molar-refractivity contribution >= 4 is 10.0 Å². The van der Waals surface area contributed by atoms with E-state index in [9.17, 15) is 12.8 Å². The van der Waals surface area contributed by atoms with Gasteiger partial charge in [-0.1, -0.05) is 24.3 Å². The monoisotopic (exact) mass is 413 g/mol. The fourth-order valence-corrected chi connectivity index (χ4v) is 4.95. The third-order valence-corrected chi connectivity index (χ3v) is 6.96. The normalized spacial score (nSPS) is 15.8. The van der Waals surface area contributed by atoms with Crippen LogP contribution in [-0.4, -0.2) is 31.0 Å². The lowest BCUT2D eigenvalue weighted by Gasteiger charge is -2.36. The maximum atomic E-state index is 13.2. The first-order valence-corrected chi connectivity index (χ1v) is 11.1. The van der Waals surface area contributed by atoms with E-state index in [0.717, 1.165) is 37.3 Å². The van der Waals surface area contributed by atoms with Gasteiger partial charge in [0.2, 0.25) is 10.0 Å². The highest BCUT2D eigenvalue weighted by Gasteiger charge is 2.28. The molecule has 4 rings (SSSR count). The molecule has 0 radical (unpaired) electrons. The van der Waals surface area contributed by atoms with Crippen LogP contribution in [0.3, 0.4) is 0 Å². The van der Waals surface area contributed by atoms with Crippen LogP contribution in [0.2, 0.25) is 0 Å². The Bertz CT molecular complexity index is 1090. The summed E-state index contributed by atoms with van der Waals surface area (Å²) >= 11 is 0. The van der Waals surface area contributed by atoms with Crippen LogP contribution in [0, 0.1) is 5.82 Å². The van der Waals surface area contributed by atoms with Gasteiger partial charge in [-0.05, 0) is 53.9 Å². The van der Waals surface area contributed by atoms with Crippen molar-refractivity contribution in [3.63, 3.8) is 0 Å². The van der Waals surface area contributed by atoms with E-state index in [1.807, 2.05) is 36.0 Å². The second kappa shape index (κ2) is 8.10. The predicted octanol–water partition coefficient (Wildman–Crippen LogP) is 3.24. The van der Waals surface area contributed by atoms with Gasteiger partial charge in [0, 0.05) is 38.6 Å². The third-order valence-electron chi connectivity index (χ3n) is 5.52. The van der Waals surface area contributed by atoms with Gasteiger partial charge < -0.3 is 4.57 Å². The Morgan fingerprint density at radius 3 is 2.45 bits per heavy atom. The topological polar surface area (TPSA) is 54.3 Å². The van der Waals surface area contributed by atoms with Crippen LogP contribution in [-0.2, 0) is 30.0 Å². The van der Waals surface area contributed by atoms with Gasteiger partial charge in [0.15, 0.2) is 0 Å². The molecule has 0 saturated carbocycles. The molecule has 29 heavy (non-hydrogen) atoms. The fourth-order valence-electron chi connectivity index (χ4n) is 3.91. The summed E-state index contributed by atoms with van der Waals surface area (Å²) in [5.41, 5.74) is 3.67. The Labute approximate surface area is 170 Å². The zero-order valence-electron chi connectivity index (χ0n) is 16.3. The maximum Gasteiger partial charge on any atom is 0.240 e. The molecule has 0 bridgehead atoms. The molecule has 5 nitrogen and oxygen atoms in total. The van der Waals surface area contributed by atoms with E-state index in [0.29, 0.717) is 0 Å². The molecule has 0 unspecified atom stereocenters. The molecular formula is C22H24FN3O2S. The molecule has 2 aromatic carbocycles. The first-order valence-electron chi connectivity index (χ1n) is 9.61. The van der Waals surface area contributed by atoms with E-state index >= 15 is 0 Å². The molecule has 1 atom stereocenters. The van der Waals surface area contributed by atoms with Crippen molar-refractivity contribution in [3.8, 4) is 0 Å². The molecule has 0 aliphatic carbocycles. The van der Waals surface area contributed by atoms with E-state index < -0.39 is 15.8 Å². The molecule has 1 aliphatic rings. The van der Waals surface area contributed by atoms with Crippen LogP contribution in [0.4, 0.5) is 4.39 Å². The van der Waals surface area contributed by atoms with Crippen molar-refractivity contribution in [1.29, 1.82) is 0 Å². The van der Waals surface area contributed by atoms with Crippen molar-refractivity contribution in [2.45, 2.75) is 23.9 Å². The average Bonchev–Trinajstić information content (AvgIpc) is 3.14. The molecule has 1 N–H and O–H groups in total. The third kappa shape index (κ3) is 4.27. The average molecular weight is 414 g/mol. The van der Waals surface area contributed by atoms with Crippen LogP contribution in [0.1, 0.15) is 22.9 Å². The van der Waals surface area contributed by atoms with Gasteiger partial charge in [0.25, 0.3) is 0 Å². The lowest BCUT2D eigenvalue weighted by molar-refractivity contribution is 0.174. The van der Waals surface area contributed by atoms with Gasteiger partial charge >= 0.3 is 0 Å².